The third-order valence-corrected chi connectivity index (χ3v) is 12.1. The van der Waals surface area contributed by atoms with Gasteiger partial charge in [0.05, 0.1) is 4.90 Å². The predicted molar refractivity (Wildman–Crippen MR) is 191 cm³/mol. The van der Waals surface area contributed by atoms with Crippen molar-refractivity contribution < 1.29 is 25.8 Å². The maximum atomic E-state index is 14.3. The van der Waals surface area contributed by atoms with Crippen molar-refractivity contribution >= 4 is 53.5 Å². The topological polar surface area (TPSA) is 156 Å². The van der Waals surface area contributed by atoms with Gasteiger partial charge in [-0.1, -0.05) is 36.4 Å². The van der Waals surface area contributed by atoms with Crippen molar-refractivity contribution in [2.75, 3.05) is 38.1 Å². The second kappa shape index (κ2) is 14.0. The van der Waals surface area contributed by atoms with Crippen molar-refractivity contribution in [2.45, 2.75) is 22.3 Å². The van der Waals surface area contributed by atoms with Crippen LogP contribution in [0, 0.1) is 0 Å². The largest absolute Gasteiger partial charge is 0.379 e. The Balaban J connectivity index is 1.16. The van der Waals surface area contributed by atoms with E-state index in [1.54, 1.807) is 84.3 Å². The zero-order chi connectivity index (χ0) is 35.6. The molecule has 1 atom stereocenters. The second-order valence-corrected chi connectivity index (χ2v) is 15.5. The number of hydrogen-bond donors (Lipinski definition) is 0. The molecule has 3 aromatic carbocycles. The number of likely N-dealkylation sites (N-methyl/N-ethyl adjacent to an activating group) is 1. The number of carbonyl (C=O) groups excluding carboxylic acids is 1. The molecule has 1 amide bonds. The van der Waals surface area contributed by atoms with E-state index in [4.69, 9.17) is 4.18 Å². The molecule has 0 N–H and O–H groups in total. The van der Waals surface area contributed by atoms with Gasteiger partial charge in [-0.05, 0) is 54.4 Å². The van der Waals surface area contributed by atoms with Gasteiger partial charge in [0.2, 0.25) is 21.9 Å². The van der Waals surface area contributed by atoms with Crippen LogP contribution in [0.4, 0.5) is 5.95 Å². The molecule has 0 radical (unpaired) electrons. The van der Waals surface area contributed by atoms with Crippen LogP contribution in [0.25, 0.3) is 21.5 Å². The Hall–Kier alpha value is -5.51. The molecule has 6 aromatic rings. The zero-order valence-electron chi connectivity index (χ0n) is 27.5. The Morgan fingerprint density at radius 3 is 1.96 bits per heavy atom. The molecule has 0 unspecified atom stereocenters. The van der Waals surface area contributed by atoms with E-state index in [1.807, 2.05) is 4.90 Å². The molecule has 51 heavy (non-hydrogen) atoms. The molecule has 0 aliphatic carbocycles. The normalized spacial score (nSPS) is 14.5. The minimum absolute atomic E-state index is 0.00658. The highest BCUT2D eigenvalue weighted by Crippen LogP contribution is 2.29. The Kier molecular flexibility index (Phi) is 9.33. The van der Waals surface area contributed by atoms with Gasteiger partial charge in [0.15, 0.2) is 0 Å². The summed E-state index contributed by atoms with van der Waals surface area (Å²) in [6.45, 7) is 1.64. The summed E-state index contributed by atoms with van der Waals surface area (Å²) in [5.74, 6) is 0.273. The van der Waals surface area contributed by atoms with Crippen LogP contribution in [0.15, 0.2) is 126 Å². The summed E-state index contributed by atoms with van der Waals surface area (Å²) >= 11 is 0. The Bertz CT molecular complexity index is 2410. The van der Waals surface area contributed by atoms with Gasteiger partial charge in [-0.15, -0.1) is 0 Å². The molecular formula is C36H33N7O6S2. The summed E-state index contributed by atoms with van der Waals surface area (Å²) in [7, 11) is -6.97. The monoisotopic (exact) mass is 723 g/mol. The first-order valence-electron chi connectivity index (χ1n) is 16.1. The molecular weight excluding hydrogens is 691 g/mol. The lowest BCUT2D eigenvalue weighted by atomic mass is 10.0. The number of carbonyl (C=O) groups is 1. The van der Waals surface area contributed by atoms with Gasteiger partial charge in [-0.2, -0.15) is 12.7 Å². The number of benzene rings is 3. The molecule has 7 rings (SSSR count). The average Bonchev–Trinajstić information content (AvgIpc) is 3.17. The van der Waals surface area contributed by atoms with E-state index in [1.165, 1.54) is 43.7 Å². The van der Waals surface area contributed by atoms with Gasteiger partial charge in [0.25, 0.3) is 0 Å². The van der Waals surface area contributed by atoms with Crippen molar-refractivity contribution in [1.82, 2.24) is 29.1 Å². The van der Waals surface area contributed by atoms with Crippen molar-refractivity contribution in [2.24, 2.45) is 0 Å². The lowest BCUT2D eigenvalue weighted by molar-refractivity contribution is -0.135. The quantitative estimate of drug-likeness (QED) is 0.189. The molecule has 260 valence electrons. The number of fused-ring (bicyclic) bond motifs is 2. The standard InChI is InChI=1S/C36H33N7O6S2/c1-41(50(45,46)33-7-2-5-27-24-37-17-13-30(27)33)32(35(44)42-19-21-43(22-20-42)36-39-15-4-16-40-36)23-26-9-11-29(12-10-26)49-51(47,48)34-8-3-6-28-25-38-18-14-31(28)34/h2-18,24-25,32H,19-23H2,1H3/t32-/m0/s1. The number of nitrogens with zero attached hydrogens (tertiary/aromatic N) is 7. The van der Waals surface area contributed by atoms with Crippen LogP contribution in [-0.4, -0.2) is 91.2 Å². The first-order chi connectivity index (χ1) is 24.6. The number of sulfonamides is 1. The zero-order valence-corrected chi connectivity index (χ0v) is 29.1. The van der Waals surface area contributed by atoms with Gasteiger partial charge in [0.1, 0.15) is 16.7 Å². The van der Waals surface area contributed by atoms with Crippen molar-refractivity contribution in [3.8, 4) is 5.75 Å². The second-order valence-electron chi connectivity index (χ2n) is 12.0. The van der Waals surface area contributed by atoms with Gasteiger partial charge >= 0.3 is 10.1 Å². The fourth-order valence-electron chi connectivity index (χ4n) is 6.19. The third kappa shape index (κ3) is 6.95. The molecule has 3 aromatic heterocycles. The number of anilines is 1. The van der Waals surface area contributed by atoms with Crippen LogP contribution in [0.1, 0.15) is 5.56 Å². The van der Waals surface area contributed by atoms with Crippen LogP contribution in [-0.2, 0) is 31.4 Å². The van der Waals surface area contributed by atoms with Crippen LogP contribution < -0.4 is 9.08 Å². The van der Waals surface area contributed by atoms with E-state index >= 15 is 0 Å². The maximum absolute atomic E-state index is 14.3. The summed E-state index contributed by atoms with van der Waals surface area (Å²) in [5.41, 5.74) is 0.606. The molecule has 1 fully saturated rings. The summed E-state index contributed by atoms with van der Waals surface area (Å²) in [4.78, 5) is 34.8. The first kappa shape index (κ1) is 34.0. The minimum Gasteiger partial charge on any atom is -0.379 e. The van der Waals surface area contributed by atoms with Crippen molar-refractivity contribution in [3.63, 3.8) is 0 Å². The van der Waals surface area contributed by atoms with Crippen molar-refractivity contribution in [1.29, 1.82) is 0 Å². The number of piperazine rings is 1. The highest BCUT2D eigenvalue weighted by Gasteiger charge is 2.37. The Labute approximate surface area is 295 Å². The summed E-state index contributed by atoms with van der Waals surface area (Å²) in [5, 5.41) is 2.28. The van der Waals surface area contributed by atoms with Crippen molar-refractivity contribution in [3.05, 3.63) is 122 Å². The number of hydrogen-bond acceptors (Lipinski definition) is 11. The number of rotatable bonds is 10. The highest BCUT2D eigenvalue weighted by molar-refractivity contribution is 7.89. The van der Waals surface area contributed by atoms with Gasteiger partial charge in [0, 0.05) is 92.0 Å². The molecule has 1 saturated heterocycles. The first-order valence-corrected chi connectivity index (χ1v) is 18.9. The SMILES string of the molecule is CN([C@@H](Cc1ccc(OS(=O)(=O)c2cccc3cnccc23)cc1)C(=O)N1CCN(c2ncccn2)CC1)S(=O)(=O)c1cccc2cnccc12. The summed E-state index contributed by atoms with van der Waals surface area (Å²) in [6, 6.07) is 19.9. The van der Waals surface area contributed by atoms with E-state index in [0.717, 1.165) is 4.31 Å². The van der Waals surface area contributed by atoms with Crippen LogP contribution in [0.5, 0.6) is 5.75 Å². The lowest BCUT2D eigenvalue weighted by Crippen LogP contribution is -2.56. The number of amides is 1. The molecule has 4 heterocycles. The number of pyridine rings is 2. The van der Waals surface area contributed by atoms with E-state index in [0.29, 0.717) is 59.2 Å². The van der Waals surface area contributed by atoms with Crippen LogP contribution in [0.2, 0.25) is 0 Å². The fraction of sp³-hybridized carbons (Fsp3) is 0.194. The molecule has 1 aliphatic rings. The van der Waals surface area contributed by atoms with E-state index in [-0.39, 0.29) is 27.9 Å². The van der Waals surface area contributed by atoms with Gasteiger partial charge in [-0.3, -0.25) is 14.8 Å². The van der Waals surface area contributed by atoms with Gasteiger partial charge < -0.3 is 14.0 Å². The summed E-state index contributed by atoms with van der Waals surface area (Å²) < 4.78 is 61.7. The highest BCUT2D eigenvalue weighted by atomic mass is 32.2. The molecule has 13 nitrogen and oxygen atoms in total. The van der Waals surface area contributed by atoms with Crippen LogP contribution in [0.3, 0.4) is 0 Å². The summed E-state index contributed by atoms with van der Waals surface area (Å²) in [6.07, 6.45) is 9.55. The Morgan fingerprint density at radius 1 is 0.745 bits per heavy atom. The molecule has 1 aliphatic heterocycles. The van der Waals surface area contributed by atoms with Gasteiger partial charge in [-0.25, -0.2) is 18.4 Å². The lowest BCUT2D eigenvalue weighted by Gasteiger charge is -2.38. The molecule has 15 heteroatoms. The Morgan fingerprint density at radius 2 is 1.33 bits per heavy atom. The van der Waals surface area contributed by atoms with E-state index in [2.05, 4.69) is 19.9 Å². The van der Waals surface area contributed by atoms with E-state index in [9.17, 15) is 21.6 Å². The average molecular weight is 724 g/mol. The number of aromatic nitrogens is 4. The molecule has 0 bridgehead atoms. The third-order valence-electron chi connectivity index (χ3n) is 8.92. The van der Waals surface area contributed by atoms with Crippen LogP contribution >= 0.6 is 0 Å². The predicted octanol–water partition coefficient (Wildman–Crippen LogP) is 3.92. The molecule has 0 spiro atoms. The fourth-order valence-corrected chi connectivity index (χ4v) is 8.87. The molecule has 0 saturated carbocycles. The smallest absolute Gasteiger partial charge is 0.339 e. The maximum Gasteiger partial charge on any atom is 0.339 e. The minimum atomic E-state index is -4.20. The van der Waals surface area contributed by atoms with E-state index < -0.39 is 26.2 Å².